The van der Waals surface area contributed by atoms with E-state index in [1.54, 1.807) is 6.19 Å². The molecule has 1 heterocycles. The van der Waals surface area contributed by atoms with Gasteiger partial charge in [0.25, 0.3) is 0 Å². The van der Waals surface area contributed by atoms with E-state index in [9.17, 15) is 0 Å². The molecule has 15 heavy (non-hydrogen) atoms. The van der Waals surface area contributed by atoms with Gasteiger partial charge in [0.15, 0.2) is 5.84 Å². The van der Waals surface area contributed by atoms with Gasteiger partial charge in [0.2, 0.25) is 6.19 Å². The fraction of sp³-hybridized carbons (Fsp3) is 0.125. The molecule has 5 nitrogen and oxygen atoms in total. The monoisotopic (exact) mass is 237 g/mol. The predicted octanol–water partition coefficient (Wildman–Crippen LogP) is 1.11. The predicted molar refractivity (Wildman–Crippen MR) is 61.6 cm³/mol. The van der Waals surface area contributed by atoms with Crippen molar-refractivity contribution in [3.05, 3.63) is 10.4 Å². The van der Waals surface area contributed by atoms with Gasteiger partial charge in [-0.2, -0.15) is 15.5 Å². The number of hydrogen-bond donors (Lipinski definition) is 2. The van der Waals surface area contributed by atoms with Crippen molar-refractivity contribution in [3.8, 4) is 12.3 Å². The Kier molecular flexibility index (Phi) is 3.56. The second-order valence-electron chi connectivity index (χ2n) is 2.42. The van der Waals surface area contributed by atoms with Gasteiger partial charge in [-0.25, -0.2) is 0 Å². The molecule has 0 radical (unpaired) electrons. The maximum Gasteiger partial charge on any atom is 0.207 e. The van der Waals surface area contributed by atoms with Crippen molar-refractivity contribution in [2.75, 3.05) is 12.0 Å². The molecule has 4 N–H and O–H groups in total. The molecule has 1 aromatic rings. The third-order valence-corrected chi connectivity index (χ3v) is 3.96. The summed E-state index contributed by atoms with van der Waals surface area (Å²) in [5.41, 5.74) is 12.0. The van der Waals surface area contributed by atoms with Gasteiger partial charge >= 0.3 is 0 Å². The van der Waals surface area contributed by atoms with Crippen LogP contribution in [0.15, 0.2) is 9.20 Å². The van der Waals surface area contributed by atoms with Gasteiger partial charge in [-0.15, -0.1) is 23.1 Å². The molecule has 7 heteroatoms. The lowest BCUT2D eigenvalue weighted by atomic mass is 10.2. The van der Waals surface area contributed by atoms with E-state index in [0.29, 0.717) is 16.1 Å². The summed E-state index contributed by atoms with van der Waals surface area (Å²) in [6.07, 6.45) is 3.42. The summed E-state index contributed by atoms with van der Waals surface area (Å²) in [4.78, 5) is 3.87. The van der Waals surface area contributed by atoms with Gasteiger partial charge in [-0.1, -0.05) is 0 Å². The Morgan fingerprint density at radius 3 is 2.60 bits per heavy atom. The van der Waals surface area contributed by atoms with Crippen molar-refractivity contribution in [1.82, 2.24) is 0 Å². The zero-order chi connectivity index (χ0) is 11.4. The molecule has 0 spiro atoms. The Morgan fingerprint density at radius 1 is 1.53 bits per heavy atom. The molecule has 0 atom stereocenters. The maximum absolute atomic E-state index is 8.87. The van der Waals surface area contributed by atoms with Crippen LogP contribution < -0.4 is 11.5 Å². The molecule has 0 aliphatic heterocycles. The van der Waals surface area contributed by atoms with Crippen LogP contribution in [0.2, 0.25) is 0 Å². The van der Waals surface area contributed by atoms with E-state index in [1.165, 1.54) is 23.1 Å². The molecule has 0 saturated heterocycles. The highest BCUT2D eigenvalue weighted by molar-refractivity contribution is 8.00. The summed E-state index contributed by atoms with van der Waals surface area (Å²) in [6, 6.07) is 2.00. The number of anilines is 1. The second-order valence-corrected chi connectivity index (χ2v) is 4.52. The van der Waals surface area contributed by atoms with Crippen molar-refractivity contribution in [1.29, 1.82) is 10.5 Å². The zero-order valence-corrected chi connectivity index (χ0v) is 9.45. The Bertz CT molecular complexity index is 488. The molecule has 1 rings (SSSR count). The third kappa shape index (κ3) is 2.04. The average molecular weight is 237 g/mol. The minimum Gasteiger partial charge on any atom is -0.396 e. The first-order valence-corrected chi connectivity index (χ1v) is 5.78. The third-order valence-electron chi connectivity index (χ3n) is 1.61. The van der Waals surface area contributed by atoms with E-state index in [0.717, 1.165) is 4.21 Å². The fourth-order valence-corrected chi connectivity index (χ4v) is 2.72. The maximum atomic E-state index is 8.87. The Balaban J connectivity index is 3.36. The fourth-order valence-electron chi connectivity index (χ4n) is 0.967. The van der Waals surface area contributed by atoms with Crippen LogP contribution >= 0.6 is 23.1 Å². The van der Waals surface area contributed by atoms with Crippen LogP contribution in [-0.4, -0.2) is 12.1 Å². The summed E-state index contributed by atoms with van der Waals surface area (Å²) in [6.45, 7) is 0. The summed E-state index contributed by atoms with van der Waals surface area (Å²) < 4.78 is 0.779. The highest BCUT2D eigenvalue weighted by Gasteiger charge is 2.17. The number of nitrogens with zero attached hydrogens (tertiary/aromatic N) is 3. The number of amidine groups is 1. The molecule has 0 aliphatic carbocycles. The molecule has 1 aromatic heterocycles. The number of nitrogens with two attached hydrogens (primary N) is 2. The van der Waals surface area contributed by atoms with Gasteiger partial charge < -0.3 is 11.5 Å². The van der Waals surface area contributed by atoms with E-state index >= 15 is 0 Å². The summed E-state index contributed by atoms with van der Waals surface area (Å²) >= 11 is 2.68. The SMILES string of the molecule is CSc1sc(C(N)=NC#N)c(N)c1C#N. The van der Waals surface area contributed by atoms with Crippen LogP contribution in [0.3, 0.4) is 0 Å². The van der Waals surface area contributed by atoms with Crippen molar-refractivity contribution < 1.29 is 0 Å². The minimum absolute atomic E-state index is 0.0526. The molecule has 0 fully saturated rings. The Labute approximate surface area is 95.0 Å². The van der Waals surface area contributed by atoms with Crippen molar-refractivity contribution in [3.63, 3.8) is 0 Å². The number of aliphatic imine (C=N–C) groups is 1. The lowest BCUT2D eigenvalue weighted by molar-refractivity contribution is 1.42. The van der Waals surface area contributed by atoms with Crippen LogP contribution in [0.5, 0.6) is 0 Å². The molecular formula is C8H7N5S2. The first-order chi connectivity index (χ1) is 7.15. The molecule has 0 bridgehead atoms. The molecule has 0 unspecified atom stereocenters. The smallest absolute Gasteiger partial charge is 0.207 e. The minimum atomic E-state index is 0.0526. The molecule has 76 valence electrons. The number of rotatable bonds is 2. The summed E-state index contributed by atoms with van der Waals surface area (Å²) in [5, 5.41) is 17.2. The zero-order valence-electron chi connectivity index (χ0n) is 7.81. The van der Waals surface area contributed by atoms with E-state index in [-0.39, 0.29) is 5.84 Å². The van der Waals surface area contributed by atoms with Crippen molar-refractivity contribution >= 4 is 34.6 Å². The summed E-state index contributed by atoms with van der Waals surface area (Å²) in [7, 11) is 0. The largest absolute Gasteiger partial charge is 0.396 e. The van der Waals surface area contributed by atoms with E-state index in [1.807, 2.05) is 12.3 Å². The van der Waals surface area contributed by atoms with Crippen molar-refractivity contribution in [2.45, 2.75) is 4.21 Å². The standard InChI is InChI=1S/C8H7N5S2/c1-14-8-4(2-9)5(11)6(15-8)7(12)13-3-10/h11H2,1H3,(H2,12,13). The van der Waals surface area contributed by atoms with Gasteiger partial charge in [0, 0.05) is 0 Å². The van der Waals surface area contributed by atoms with Crippen molar-refractivity contribution in [2.24, 2.45) is 10.7 Å². The topological polar surface area (TPSA) is 112 Å². The number of thiophene rings is 1. The molecular weight excluding hydrogens is 230 g/mol. The molecule has 0 aromatic carbocycles. The first-order valence-electron chi connectivity index (χ1n) is 3.74. The lowest BCUT2D eigenvalue weighted by Gasteiger charge is -1.94. The Morgan fingerprint density at radius 2 is 2.20 bits per heavy atom. The lowest BCUT2D eigenvalue weighted by Crippen LogP contribution is -2.12. The van der Waals surface area contributed by atoms with Crippen LogP contribution in [0.25, 0.3) is 0 Å². The van der Waals surface area contributed by atoms with E-state index in [4.69, 9.17) is 22.0 Å². The second kappa shape index (κ2) is 4.69. The van der Waals surface area contributed by atoms with Crippen LogP contribution in [-0.2, 0) is 0 Å². The van der Waals surface area contributed by atoms with Crippen LogP contribution in [0, 0.1) is 22.8 Å². The number of nitrogen functional groups attached to an aromatic ring is 1. The quantitative estimate of drug-likeness (QED) is 0.346. The highest BCUT2D eigenvalue weighted by Crippen LogP contribution is 2.36. The summed E-state index contributed by atoms with van der Waals surface area (Å²) in [5.74, 6) is 0.0526. The normalized spacial score (nSPS) is 10.7. The number of nitriles is 2. The molecule has 0 amide bonds. The number of hydrogen-bond acceptors (Lipinski definition) is 6. The molecule has 0 aliphatic rings. The van der Waals surface area contributed by atoms with Gasteiger partial charge in [0.05, 0.1) is 14.8 Å². The van der Waals surface area contributed by atoms with Gasteiger partial charge in [-0.05, 0) is 6.26 Å². The average Bonchev–Trinajstić information content (AvgIpc) is 2.55. The van der Waals surface area contributed by atoms with Gasteiger partial charge in [0.1, 0.15) is 11.6 Å². The molecule has 0 saturated carbocycles. The van der Waals surface area contributed by atoms with E-state index < -0.39 is 0 Å². The number of thioether (sulfide) groups is 1. The highest BCUT2D eigenvalue weighted by atomic mass is 32.2. The van der Waals surface area contributed by atoms with Crippen LogP contribution in [0.1, 0.15) is 10.4 Å². The van der Waals surface area contributed by atoms with Gasteiger partial charge in [-0.3, -0.25) is 0 Å². The van der Waals surface area contributed by atoms with Crippen LogP contribution in [0.4, 0.5) is 5.69 Å². The van der Waals surface area contributed by atoms with E-state index in [2.05, 4.69) is 4.99 Å². The first kappa shape index (κ1) is 11.4. The Hall–Kier alpha value is -1.70.